The summed E-state index contributed by atoms with van der Waals surface area (Å²) < 4.78 is 10.8. The van der Waals surface area contributed by atoms with Crippen LogP contribution in [0.15, 0.2) is 28.4 Å². The first-order valence-electron chi connectivity index (χ1n) is 10.1. The van der Waals surface area contributed by atoms with Gasteiger partial charge < -0.3 is 24.6 Å². The van der Waals surface area contributed by atoms with Gasteiger partial charge in [0, 0.05) is 18.8 Å². The molecule has 0 unspecified atom stereocenters. The Bertz CT molecular complexity index is 981. The molecule has 32 heavy (non-hydrogen) atoms. The smallest absolute Gasteiger partial charge is 0.158 e. The number of aliphatic hydroxyl groups excluding tert-OH is 2. The minimum Gasteiger partial charge on any atom is -0.394 e. The van der Waals surface area contributed by atoms with E-state index in [4.69, 9.17) is 19.7 Å². The minimum absolute atomic E-state index is 0.0223. The fourth-order valence-electron chi connectivity index (χ4n) is 2.91. The predicted octanol–water partition coefficient (Wildman–Crippen LogP) is 3.35. The van der Waals surface area contributed by atoms with Crippen LogP contribution in [0.25, 0.3) is 0 Å². The maximum absolute atomic E-state index is 9.36. The zero-order valence-corrected chi connectivity index (χ0v) is 19.1. The lowest BCUT2D eigenvalue weighted by Crippen LogP contribution is -2.31. The molecule has 0 amide bonds. The highest BCUT2D eigenvalue weighted by atomic mass is 32.1. The first kappa shape index (κ1) is 25.4. The second kappa shape index (κ2) is 13.5. The van der Waals surface area contributed by atoms with Gasteiger partial charge in [-0.3, -0.25) is 0 Å². The molecule has 0 spiro atoms. The molecule has 2 N–H and O–H groups in total. The molecule has 170 valence electrons. The summed E-state index contributed by atoms with van der Waals surface area (Å²) in [6.45, 7) is 6.31. The summed E-state index contributed by atoms with van der Waals surface area (Å²) >= 11 is 1.15. The van der Waals surface area contributed by atoms with Gasteiger partial charge in [-0.1, -0.05) is 0 Å². The standard InChI is InChI=1S/C22H27N5O4S/c1-16-13-18(27(5-9-30-11-7-28)6-10-31-12-8-29)3-4-20(16)25-26-22-19(14-23)17(2)21(15-24)32-22/h3-4,13,28-29H,5-12H2,1-2H3/b26-25+. The average molecular weight is 458 g/mol. The number of rotatable bonds is 13. The van der Waals surface area contributed by atoms with Gasteiger partial charge in [0.25, 0.3) is 0 Å². The zero-order chi connectivity index (χ0) is 23.3. The molecule has 0 saturated heterocycles. The normalized spacial score (nSPS) is 10.9. The van der Waals surface area contributed by atoms with Crippen molar-refractivity contribution in [2.45, 2.75) is 13.8 Å². The van der Waals surface area contributed by atoms with Crippen LogP contribution >= 0.6 is 11.3 Å². The number of hydrogen-bond acceptors (Lipinski definition) is 10. The number of aryl methyl sites for hydroxylation is 1. The van der Waals surface area contributed by atoms with Crippen LogP contribution in [0.5, 0.6) is 0 Å². The summed E-state index contributed by atoms with van der Waals surface area (Å²) in [5.74, 6) is 0. The molecule has 10 heteroatoms. The van der Waals surface area contributed by atoms with Gasteiger partial charge in [0.2, 0.25) is 0 Å². The van der Waals surface area contributed by atoms with E-state index in [9.17, 15) is 10.5 Å². The monoisotopic (exact) mass is 457 g/mol. The minimum atomic E-state index is -0.0223. The van der Waals surface area contributed by atoms with Crippen molar-refractivity contribution in [1.29, 1.82) is 10.5 Å². The average Bonchev–Trinajstić information content (AvgIpc) is 3.11. The van der Waals surface area contributed by atoms with Crippen LogP contribution in [0.3, 0.4) is 0 Å². The Morgan fingerprint density at radius 3 is 2.16 bits per heavy atom. The van der Waals surface area contributed by atoms with Crippen LogP contribution < -0.4 is 4.90 Å². The number of nitrogens with zero attached hydrogens (tertiary/aromatic N) is 5. The van der Waals surface area contributed by atoms with Crippen molar-refractivity contribution >= 4 is 27.7 Å². The van der Waals surface area contributed by atoms with Gasteiger partial charge >= 0.3 is 0 Å². The van der Waals surface area contributed by atoms with E-state index >= 15 is 0 Å². The molecule has 1 aromatic carbocycles. The number of hydrogen-bond donors (Lipinski definition) is 2. The van der Waals surface area contributed by atoms with Crippen molar-refractivity contribution in [3.05, 3.63) is 39.8 Å². The van der Waals surface area contributed by atoms with Gasteiger partial charge in [-0.2, -0.15) is 10.5 Å². The van der Waals surface area contributed by atoms with Crippen molar-refractivity contribution in [3.8, 4) is 12.1 Å². The molecule has 1 aromatic heterocycles. The van der Waals surface area contributed by atoms with Crippen LogP contribution in [0, 0.1) is 36.5 Å². The molecule has 0 bridgehead atoms. The first-order valence-corrected chi connectivity index (χ1v) is 11.0. The van der Waals surface area contributed by atoms with Crippen LogP contribution in [-0.2, 0) is 9.47 Å². The van der Waals surface area contributed by atoms with Gasteiger partial charge in [0.15, 0.2) is 5.00 Å². The number of aliphatic hydroxyl groups is 2. The molecule has 0 aliphatic carbocycles. The molecule has 1 heterocycles. The Morgan fingerprint density at radius 2 is 1.62 bits per heavy atom. The van der Waals surface area contributed by atoms with Gasteiger partial charge in [0.05, 0.1) is 50.9 Å². The molecule has 0 radical (unpaired) electrons. The van der Waals surface area contributed by atoms with E-state index in [0.717, 1.165) is 22.6 Å². The van der Waals surface area contributed by atoms with Crippen LogP contribution in [0.4, 0.5) is 16.4 Å². The number of azo groups is 1. The summed E-state index contributed by atoms with van der Waals surface area (Å²) in [5.41, 5.74) is 3.52. The molecule has 0 aliphatic heterocycles. The molecule has 0 fully saturated rings. The third-order valence-corrected chi connectivity index (χ3v) is 5.70. The number of ether oxygens (including phenoxy) is 2. The Morgan fingerprint density at radius 1 is 0.969 bits per heavy atom. The van der Waals surface area contributed by atoms with Gasteiger partial charge in [-0.15, -0.1) is 21.6 Å². The molecule has 2 aromatic rings. The molecule has 2 rings (SSSR count). The number of benzene rings is 1. The van der Waals surface area contributed by atoms with Crippen LogP contribution in [-0.4, -0.2) is 62.9 Å². The molecule has 0 aliphatic rings. The highest BCUT2D eigenvalue weighted by Gasteiger charge is 2.15. The summed E-state index contributed by atoms with van der Waals surface area (Å²) in [4.78, 5) is 2.56. The summed E-state index contributed by atoms with van der Waals surface area (Å²) in [5, 5.41) is 45.2. The highest BCUT2D eigenvalue weighted by Crippen LogP contribution is 2.36. The first-order chi connectivity index (χ1) is 15.5. The predicted molar refractivity (Wildman–Crippen MR) is 122 cm³/mol. The third-order valence-electron chi connectivity index (χ3n) is 4.62. The Kier molecular flexibility index (Phi) is 10.7. The van der Waals surface area contributed by atoms with E-state index in [1.807, 2.05) is 25.1 Å². The molecular weight excluding hydrogens is 430 g/mol. The maximum atomic E-state index is 9.36. The Balaban J connectivity index is 2.17. The largest absolute Gasteiger partial charge is 0.394 e. The highest BCUT2D eigenvalue weighted by molar-refractivity contribution is 7.16. The van der Waals surface area contributed by atoms with Crippen LogP contribution in [0.1, 0.15) is 21.6 Å². The van der Waals surface area contributed by atoms with E-state index < -0.39 is 0 Å². The van der Waals surface area contributed by atoms with Crippen molar-refractivity contribution in [2.75, 3.05) is 57.6 Å². The topological polar surface area (TPSA) is 134 Å². The second-order valence-corrected chi connectivity index (χ2v) is 7.79. The molecule has 0 atom stereocenters. The maximum Gasteiger partial charge on any atom is 0.158 e. The van der Waals surface area contributed by atoms with Crippen molar-refractivity contribution in [2.24, 2.45) is 10.2 Å². The summed E-state index contributed by atoms with van der Waals surface area (Å²) in [6, 6.07) is 9.93. The summed E-state index contributed by atoms with van der Waals surface area (Å²) in [7, 11) is 0. The number of anilines is 1. The lowest BCUT2D eigenvalue weighted by molar-refractivity contribution is 0.0884. The van der Waals surface area contributed by atoms with E-state index in [-0.39, 0.29) is 26.4 Å². The lowest BCUT2D eigenvalue weighted by atomic mass is 10.1. The molecule has 0 saturated carbocycles. The van der Waals surface area contributed by atoms with E-state index in [2.05, 4.69) is 27.3 Å². The SMILES string of the molecule is Cc1cc(N(CCOCCO)CCOCCO)ccc1/N=N/c1sc(C#N)c(C)c1C#N. The van der Waals surface area contributed by atoms with Crippen molar-refractivity contribution < 1.29 is 19.7 Å². The molecule has 9 nitrogen and oxygen atoms in total. The van der Waals surface area contributed by atoms with Crippen LogP contribution in [0.2, 0.25) is 0 Å². The Labute approximate surface area is 191 Å². The van der Waals surface area contributed by atoms with Crippen molar-refractivity contribution in [1.82, 2.24) is 0 Å². The lowest BCUT2D eigenvalue weighted by Gasteiger charge is -2.25. The fourth-order valence-corrected chi connectivity index (χ4v) is 3.78. The quantitative estimate of drug-likeness (QED) is 0.348. The van der Waals surface area contributed by atoms with Crippen molar-refractivity contribution in [3.63, 3.8) is 0 Å². The van der Waals surface area contributed by atoms with Gasteiger partial charge in [-0.25, -0.2) is 0 Å². The molecular formula is C22H27N5O4S. The van der Waals surface area contributed by atoms with E-state index in [1.54, 1.807) is 6.92 Å². The summed E-state index contributed by atoms with van der Waals surface area (Å²) in [6.07, 6.45) is 0. The number of nitriles is 2. The third kappa shape index (κ3) is 7.09. The fraction of sp³-hybridized carbons (Fsp3) is 0.455. The zero-order valence-electron chi connectivity index (χ0n) is 18.2. The van der Waals surface area contributed by atoms with E-state index in [0.29, 0.717) is 53.0 Å². The Hall–Kier alpha value is -2.86. The van der Waals surface area contributed by atoms with E-state index in [1.165, 1.54) is 0 Å². The second-order valence-electron chi connectivity index (χ2n) is 6.79. The van der Waals surface area contributed by atoms with Gasteiger partial charge in [0.1, 0.15) is 17.0 Å². The number of thiophene rings is 1. The van der Waals surface area contributed by atoms with Gasteiger partial charge in [-0.05, 0) is 43.2 Å².